The van der Waals surface area contributed by atoms with E-state index < -0.39 is 0 Å². The number of rotatable bonds is 5. The van der Waals surface area contributed by atoms with Crippen molar-refractivity contribution in [1.82, 2.24) is 15.1 Å². The van der Waals surface area contributed by atoms with Crippen molar-refractivity contribution in [2.75, 3.05) is 4.90 Å². The van der Waals surface area contributed by atoms with Gasteiger partial charge in [-0.15, -0.1) is 0 Å². The molecule has 1 aromatic carbocycles. The third-order valence-corrected chi connectivity index (χ3v) is 5.27. The monoisotopic (exact) mass is 378 g/mol. The number of anilines is 1. The Balaban J connectivity index is 1.75. The lowest BCUT2D eigenvalue weighted by molar-refractivity contribution is 0.0949. The van der Waals surface area contributed by atoms with Crippen molar-refractivity contribution in [2.45, 2.75) is 26.8 Å². The number of thiazole rings is 1. The first-order chi connectivity index (χ1) is 13.1. The smallest absolute Gasteiger partial charge is 0.298 e. The van der Waals surface area contributed by atoms with Crippen LogP contribution in [0.3, 0.4) is 0 Å². The van der Waals surface area contributed by atoms with Gasteiger partial charge in [-0.1, -0.05) is 35.5 Å². The summed E-state index contributed by atoms with van der Waals surface area (Å²) in [5.74, 6) is -0.0703. The molecule has 0 aliphatic heterocycles. The summed E-state index contributed by atoms with van der Waals surface area (Å²) in [5, 5.41) is 4.46. The Bertz CT molecular complexity index is 1090. The summed E-state index contributed by atoms with van der Waals surface area (Å²) in [5.41, 5.74) is 3.70. The van der Waals surface area contributed by atoms with Crippen LogP contribution in [0.2, 0.25) is 0 Å². The van der Waals surface area contributed by atoms with Gasteiger partial charge in [0.25, 0.3) is 5.91 Å². The number of hydrogen-bond donors (Lipinski definition) is 0. The van der Waals surface area contributed by atoms with Crippen LogP contribution in [0.15, 0.2) is 53.3 Å². The van der Waals surface area contributed by atoms with Gasteiger partial charge >= 0.3 is 0 Å². The largest absolute Gasteiger partial charge is 0.351 e. The lowest BCUT2D eigenvalue weighted by atomic mass is 10.2. The Morgan fingerprint density at radius 3 is 2.81 bits per heavy atom. The second-order valence-corrected chi connectivity index (χ2v) is 7.25. The van der Waals surface area contributed by atoms with Crippen molar-refractivity contribution in [3.8, 4) is 0 Å². The zero-order valence-electron chi connectivity index (χ0n) is 15.0. The van der Waals surface area contributed by atoms with Crippen LogP contribution in [0, 0.1) is 6.92 Å². The third kappa shape index (κ3) is 3.59. The van der Waals surface area contributed by atoms with E-state index in [4.69, 9.17) is 4.52 Å². The number of benzene rings is 1. The van der Waals surface area contributed by atoms with Crippen LogP contribution in [-0.4, -0.2) is 21.0 Å². The molecule has 4 aromatic rings. The second-order valence-electron chi connectivity index (χ2n) is 6.24. The molecule has 0 spiro atoms. The van der Waals surface area contributed by atoms with Gasteiger partial charge in [0.15, 0.2) is 5.13 Å². The van der Waals surface area contributed by atoms with Crippen LogP contribution in [0.25, 0.3) is 10.2 Å². The number of pyridine rings is 1. The van der Waals surface area contributed by atoms with E-state index in [-0.39, 0.29) is 11.7 Å². The lowest BCUT2D eigenvalue weighted by Crippen LogP contribution is -2.30. The van der Waals surface area contributed by atoms with Gasteiger partial charge in [-0.05, 0) is 42.7 Å². The Morgan fingerprint density at radius 1 is 1.22 bits per heavy atom. The fourth-order valence-corrected chi connectivity index (χ4v) is 3.82. The van der Waals surface area contributed by atoms with E-state index in [9.17, 15) is 4.79 Å². The summed E-state index contributed by atoms with van der Waals surface area (Å²) >= 11 is 1.50. The van der Waals surface area contributed by atoms with Crippen LogP contribution in [0.5, 0.6) is 0 Å². The van der Waals surface area contributed by atoms with Crippen LogP contribution >= 0.6 is 11.3 Å². The fraction of sp³-hybridized carbons (Fsp3) is 0.200. The number of aromatic nitrogens is 3. The van der Waals surface area contributed by atoms with E-state index in [1.807, 2.05) is 18.2 Å². The molecule has 0 bridgehead atoms. The SMILES string of the molecule is CCc1ccc2nc(N(Cc3cccnc3)C(=O)c3cc(C)no3)sc2c1. The zero-order chi connectivity index (χ0) is 18.8. The highest BCUT2D eigenvalue weighted by Crippen LogP contribution is 2.31. The Labute approximate surface area is 160 Å². The Morgan fingerprint density at radius 2 is 2.11 bits per heavy atom. The van der Waals surface area contributed by atoms with Gasteiger partial charge in [-0.25, -0.2) is 4.98 Å². The average Bonchev–Trinajstić information content (AvgIpc) is 3.31. The summed E-state index contributed by atoms with van der Waals surface area (Å²) in [7, 11) is 0. The number of fused-ring (bicyclic) bond motifs is 1. The van der Waals surface area contributed by atoms with Crippen LogP contribution in [0.1, 0.15) is 34.3 Å². The van der Waals surface area contributed by atoms with Gasteiger partial charge in [0.1, 0.15) is 0 Å². The van der Waals surface area contributed by atoms with E-state index >= 15 is 0 Å². The maximum Gasteiger partial charge on any atom is 0.298 e. The molecule has 27 heavy (non-hydrogen) atoms. The molecular formula is C20H18N4O2S. The molecule has 0 fully saturated rings. The molecule has 3 aromatic heterocycles. The lowest BCUT2D eigenvalue weighted by Gasteiger charge is -2.18. The quantitative estimate of drug-likeness (QED) is 0.515. The number of carbonyl (C=O) groups excluding carboxylic acids is 1. The molecule has 7 heteroatoms. The first-order valence-electron chi connectivity index (χ1n) is 8.67. The van der Waals surface area contributed by atoms with Gasteiger partial charge < -0.3 is 4.52 Å². The molecule has 6 nitrogen and oxygen atoms in total. The summed E-state index contributed by atoms with van der Waals surface area (Å²) in [6.07, 6.45) is 4.41. The number of hydrogen-bond acceptors (Lipinski definition) is 6. The molecule has 3 heterocycles. The molecule has 0 saturated carbocycles. The van der Waals surface area contributed by atoms with Crippen molar-refractivity contribution < 1.29 is 9.32 Å². The number of aryl methyl sites for hydroxylation is 2. The van der Waals surface area contributed by atoms with Crippen LogP contribution < -0.4 is 4.90 Å². The predicted octanol–water partition coefficient (Wildman–Crippen LogP) is 4.40. The molecule has 0 atom stereocenters. The van der Waals surface area contributed by atoms with Gasteiger partial charge in [-0.2, -0.15) is 0 Å². The fourth-order valence-electron chi connectivity index (χ4n) is 2.79. The summed E-state index contributed by atoms with van der Waals surface area (Å²) in [6, 6.07) is 11.6. The minimum atomic E-state index is -0.269. The molecule has 0 unspecified atom stereocenters. The van der Waals surface area contributed by atoms with Crippen molar-refractivity contribution >= 4 is 32.6 Å². The van der Waals surface area contributed by atoms with Crippen molar-refractivity contribution in [3.05, 3.63) is 71.4 Å². The standard InChI is InChI=1S/C20H18N4O2S/c1-3-14-6-7-16-18(10-14)27-20(22-16)24(12-15-5-4-8-21-11-15)19(25)17-9-13(2)23-26-17/h4-11H,3,12H2,1-2H3. The molecule has 1 amide bonds. The highest BCUT2D eigenvalue weighted by atomic mass is 32.1. The molecular weight excluding hydrogens is 360 g/mol. The number of carbonyl (C=O) groups is 1. The molecule has 0 aliphatic carbocycles. The van der Waals surface area contributed by atoms with Crippen LogP contribution in [-0.2, 0) is 13.0 Å². The maximum absolute atomic E-state index is 13.1. The van der Waals surface area contributed by atoms with E-state index in [1.165, 1.54) is 16.9 Å². The highest BCUT2D eigenvalue weighted by Gasteiger charge is 2.25. The van der Waals surface area contributed by atoms with E-state index in [2.05, 4.69) is 34.2 Å². The molecule has 0 saturated heterocycles. The third-order valence-electron chi connectivity index (χ3n) is 4.23. The second kappa shape index (κ2) is 7.28. The zero-order valence-corrected chi connectivity index (χ0v) is 15.9. The van der Waals surface area contributed by atoms with Crippen molar-refractivity contribution in [3.63, 3.8) is 0 Å². The van der Waals surface area contributed by atoms with Gasteiger partial charge in [-0.3, -0.25) is 14.7 Å². The minimum Gasteiger partial charge on any atom is -0.351 e. The normalized spacial score (nSPS) is 11.0. The minimum absolute atomic E-state index is 0.199. The van der Waals surface area contributed by atoms with E-state index in [1.54, 1.807) is 30.3 Å². The molecule has 0 radical (unpaired) electrons. The topological polar surface area (TPSA) is 72.1 Å². The Kier molecular flexibility index (Phi) is 4.68. The first-order valence-corrected chi connectivity index (χ1v) is 9.49. The summed E-state index contributed by atoms with van der Waals surface area (Å²) in [4.78, 5) is 23.5. The van der Waals surface area contributed by atoms with Gasteiger partial charge in [0, 0.05) is 18.5 Å². The number of nitrogens with zero attached hydrogens (tertiary/aromatic N) is 4. The van der Waals surface area contributed by atoms with E-state index in [0.29, 0.717) is 17.4 Å². The summed E-state index contributed by atoms with van der Waals surface area (Å²) < 4.78 is 6.25. The molecule has 0 aliphatic rings. The average molecular weight is 378 g/mol. The maximum atomic E-state index is 13.1. The molecule has 0 N–H and O–H groups in total. The molecule has 136 valence electrons. The van der Waals surface area contributed by atoms with Crippen molar-refractivity contribution in [1.29, 1.82) is 0 Å². The van der Waals surface area contributed by atoms with E-state index in [0.717, 1.165) is 22.2 Å². The van der Waals surface area contributed by atoms with Crippen LogP contribution in [0.4, 0.5) is 5.13 Å². The van der Waals surface area contributed by atoms with Gasteiger partial charge in [0.2, 0.25) is 5.76 Å². The first kappa shape index (κ1) is 17.4. The predicted molar refractivity (Wildman–Crippen MR) is 105 cm³/mol. The number of amides is 1. The molecule has 4 rings (SSSR count). The summed E-state index contributed by atoms with van der Waals surface area (Å²) in [6.45, 7) is 4.26. The van der Waals surface area contributed by atoms with Crippen molar-refractivity contribution in [2.24, 2.45) is 0 Å². The van der Waals surface area contributed by atoms with Gasteiger partial charge in [0.05, 0.1) is 22.5 Å². The Hall–Kier alpha value is -3.06. The highest BCUT2D eigenvalue weighted by molar-refractivity contribution is 7.22.